The Kier molecular flexibility index (Phi) is 8.38. The fourth-order valence-corrected chi connectivity index (χ4v) is 4.56. The lowest BCUT2D eigenvalue weighted by atomic mass is 10.1. The van der Waals surface area contributed by atoms with E-state index in [0.29, 0.717) is 36.7 Å². The first-order valence-corrected chi connectivity index (χ1v) is 11.8. The van der Waals surface area contributed by atoms with Gasteiger partial charge in [-0.3, -0.25) is 9.69 Å². The molecule has 0 radical (unpaired) electrons. The summed E-state index contributed by atoms with van der Waals surface area (Å²) in [6.07, 6.45) is 3.42. The number of benzene rings is 1. The van der Waals surface area contributed by atoms with Gasteiger partial charge in [0, 0.05) is 38.4 Å². The zero-order valence-electron chi connectivity index (χ0n) is 17.8. The highest BCUT2D eigenvalue weighted by Gasteiger charge is 2.30. The number of rotatable bonds is 10. The third kappa shape index (κ3) is 7.11. The minimum atomic E-state index is -4.23. The molecule has 2 heterocycles. The molecule has 1 aliphatic heterocycles. The molecule has 2 aromatic rings. The second-order valence-electron chi connectivity index (χ2n) is 7.65. The van der Waals surface area contributed by atoms with Crippen LogP contribution >= 0.6 is 0 Å². The predicted octanol–water partition coefficient (Wildman–Crippen LogP) is 3.22. The molecule has 1 aliphatic rings. The van der Waals surface area contributed by atoms with Gasteiger partial charge in [0.2, 0.25) is 5.91 Å². The number of fused-ring (bicyclic) bond motifs is 1. The van der Waals surface area contributed by atoms with Crippen molar-refractivity contribution in [3.8, 4) is 0 Å². The number of nitrogens with zero attached hydrogens (tertiary/aromatic N) is 3. The number of carbonyl (C=O) groups excluding carboxylic acids is 1. The maximum atomic E-state index is 12.5. The summed E-state index contributed by atoms with van der Waals surface area (Å²) in [7, 11) is 0. The first kappa shape index (κ1) is 24.3. The van der Waals surface area contributed by atoms with Gasteiger partial charge in [-0.05, 0) is 41.5 Å². The summed E-state index contributed by atoms with van der Waals surface area (Å²) >= 11 is -1.28. The maximum absolute atomic E-state index is 12.5. The smallest absolute Gasteiger partial charge is 0.401 e. The molecule has 1 amide bonds. The topological polar surface area (TPSA) is 73.2 Å². The molecule has 0 saturated heterocycles. The Balaban J connectivity index is 1.42. The standard InChI is InChI=1S/C22H27F3N4O2S/c1-2-28(16-22(23,24)25)11-3-13-32(31)19-7-4-17(5-8-19)14-27-21(30)18-6-9-20-26-10-12-29(20)15-18/h4-10,12,18H,2-3,11,13-16H2,1H3,(H,27,30). The van der Waals surface area contributed by atoms with Crippen molar-refractivity contribution in [2.24, 2.45) is 5.92 Å². The van der Waals surface area contributed by atoms with Gasteiger partial charge in [-0.2, -0.15) is 13.2 Å². The van der Waals surface area contributed by atoms with E-state index in [9.17, 15) is 22.5 Å². The second-order valence-corrected chi connectivity index (χ2v) is 9.22. The molecule has 0 aliphatic carbocycles. The van der Waals surface area contributed by atoms with Crippen LogP contribution in [-0.2, 0) is 29.1 Å². The summed E-state index contributed by atoms with van der Waals surface area (Å²) in [4.78, 5) is 18.6. The van der Waals surface area contributed by atoms with Crippen LogP contribution in [0, 0.1) is 5.92 Å². The first-order chi connectivity index (χ1) is 15.2. The largest absolute Gasteiger partial charge is 0.611 e. The average Bonchev–Trinajstić information content (AvgIpc) is 3.24. The molecule has 6 nitrogen and oxygen atoms in total. The van der Waals surface area contributed by atoms with Crippen LogP contribution in [0.1, 0.15) is 24.7 Å². The number of amides is 1. The molecule has 0 bridgehead atoms. The molecule has 1 N–H and O–H groups in total. The normalized spacial score (nSPS) is 16.8. The van der Waals surface area contributed by atoms with Crippen molar-refractivity contribution in [2.75, 3.05) is 25.4 Å². The van der Waals surface area contributed by atoms with E-state index in [2.05, 4.69) is 10.3 Å². The van der Waals surface area contributed by atoms with Crippen molar-refractivity contribution in [3.63, 3.8) is 0 Å². The lowest BCUT2D eigenvalue weighted by molar-refractivity contribution is -0.145. The van der Waals surface area contributed by atoms with Gasteiger partial charge in [-0.15, -0.1) is 0 Å². The maximum Gasteiger partial charge on any atom is 0.401 e. The first-order valence-electron chi connectivity index (χ1n) is 10.5. The number of alkyl halides is 3. The quantitative estimate of drug-likeness (QED) is 0.544. The van der Waals surface area contributed by atoms with E-state index in [0.717, 1.165) is 11.4 Å². The molecular formula is C22H27F3N4O2S. The van der Waals surface area contributed by atoms with Crippen LogP contribution in [0.2, 0.25) is 0 Å². The van der Waals surface area contributed by atoms with Crippen LogP contribution in [0.4, 0.5) is 13.2 Å². The molecule has 0 saturated carbocycles. The van der Waals surface area contributed by atoms with E-state index in [1.807, 2.05) is 22.9 Å². The van der Waals surface area contributed by atoms with E-state index in [1.54, 1.807) is 37.4 Å². The number of halogens is 3. The third-order valence-corrected chi connectivity index (χ3v) is 6.72. The van der Waals surface area contributed by atoms with E-state index < -0.39 is 23.9 Å². The fraction of sp³-hybridized carbons (Fsp3) is 0.455. The molecule has 32 heavy (non-hydrogen) atoms. The minimum Gasteiger partial charge on any atom is -0.611 e. The molecule has 0 fully saturated rings. The van der Waals surface area contributed by atoms with Gasteiger partial charge < -0.3 is 14.4 Å². The minimum absolute atomic E-state index is 0.0763. The molecule has 10 heteroatoms. The number of nitrogens with one attached hydrogen (secondary N) is 1. The van der Waals surface area contributed by atoms with Crippen LogP contribution < -0.4 is 5.32 Å². The van der Waals surface area contributed by atoms with Crippen molar-refractivity contribution in [1.29, 1.82) is 0 Å². The lowest BCUT2D eigenvalue weighted by Crippen LogP contribution is -2.35. The van der Waals surface area contributed by atoms with Gasteiger partial charge in [0.15, 0.2) is 4.90 Å². The monoisotopic (exact) mass is 468 g/mol. The second kappa shape index (κ2) is 11.0. The van der Waals surface area contributed by atoms with E-state index in [-0.39, 0.29) is 18.4 Å². The van der Waals surface area contributed by atoms with E-state index in [1.165, 1.54) is 4.90 Å². The van der Waals surface area contributed by atoms with Crippen molar-refractivity contribution in [3.05, 3.63) is 54.1 Å². The zero-order valence-corrected chi connectivity index (χ0v) is 18.7. The molecule has 1 aromatic heterocycles. The molecular weight excluding hydrogens is 441 g/mol. The Morgan fingerprint density at radius 1 is 1.34 bits per heavy atom. The van der Waals surface area contributed by atoms with Crippen LogP contribution in [0.25, 0.3) is 6.08 Å². The highest BCUT2D eigenvalue weighted by atomic mass is 32.2. The highest BCUT2D eigenvalue weighted by molar-refractivity contribution is 7.91. The zero-order chi connectivity index (χ0) is 23.1. The molecule has 1 aromatic carbocycles. The van der Waals surface area contributed by atoms with Crippen molar-refractivity contribution in [1.82, 2.24) is 19.8 Å². The van der Waals surface area contributed by atoms with E-state index in [4.69, 9.17) is 0 Å². The van der Waals surface area contributed by atoms with Gasteiger partial charge in [-0.1, -0.05) is 25.1 Å². The summed E-state index contributed by atoms with van der Waals surface area (Å²) in [5.41, 5.74) is 0.879. The fourth-order valence-electron chi connectivity index (χ4n) is 3.50. The van der Waals surface area contributed by atoms with Crippen molar-refractivity contribution in [2.45, 2.75) is 37.5 Å². The number of carbonyl (C=O) groups is 1. The van der Waals surface area contributed by atoms with E-state index >= 15 is 0 Å². The molecule has 3 rings (SSSR count). The molecule has 2 atom stereocenters. The Bertz CT molecular complexity index is 915. The predicted molar refractivity (Wildman–Crippen MR) is 117 cm³/mol. The molecule has 2 unspecified atom stereocenters. The number of hydrogen-bond acceptors (Lipinski definition) is 4. The van der Waals surface area contributed by atoms with Gasteiger partial charge in [0.1, 0.15) is 11.6 Å². The summed E-state index contributed by atoms with van der Waals surface area (Å²) in [6, 6.07) is 7.09. The van der Waals surface area contributed by atoms with Crippen molar-refractivity contribution >= 4 is 23.2 Å². The Morgan fingerprint density at radius 3 is 2.78 bits per heavy atom. The summed E-state index contributed by atoms with van der Waals surface area (Å²) < 4.78 is 51.9. The average molecular weight is 469 g/mol. The van der Waals surface area contributed by atoms with Crippen LogP contribution in [0.15, 0.2) is 47.6 Å². The van der Waals surface area contributed by atoms with Gasteiger partial charge in [0.25, 0.3) is 0 Å². The lowest BCUT2D eigenvalue weighted by Gasteiger charge is -2.22. The Hall–Kier alpha value is -2.30. The highest BCUT2D eigenvalue weighted by Crippen LogP contribution is 2.18. The Morgan fingerprint density at radius 2 is 2.09 bits per heavy atom. The van der Waals surface area contributed by atoms with Crippen molar-refractivity contribution < 1.29 is 22.5 Å². The SMILES string of the molecule is CCN(CCC[S+]([O-])c1ccc(CNC(=O)C2C=Cc3nccn3C2)cc1)CC(F)(F)F. The van der Waals surface area contributed by atoms with Crippen LogP contribution in [-0.4, -0.2) is 56.5 Å². The van der Waals surface area contributed by atoms with Gasteiger partial charge in [0.05, 0.1) is 12.5 Å². The summed E-state index contributed by atoms with van der Waals surface area (Å²) in [6.45, 7) is 2.19. The van der Waals surface area contributed by atoms with Gasteiger partial charge in [-0.25, -0.2) is 4.98 Å². The van der Waals surface area contributed by atoms with Gasteiger partial charge >= 0.3 is 6.18 Å². The summed E-state index contributed by atoms with van der Waals surface area (Å²) in [5.74, 6) is 0.797. The van der Waals surface area contributed by atoms with Crippen LogP contribution in [0.3, 0.4) is 0 Å². The number of aromatic nitrogens is 2. The molecule has 0 spiro atoms. The number of imidazole rings is 1. The summed E-state index contributed by atoms with van der Waals surface area (Å²) in [5, 5.41) is 2.91. The third-order valence-electron chi connectivity index (χ3n) is 5.26. The number of hydrogen-bond donors (Lipinski definition) is 1. The van der Waals surface area contributed by atoms with Crippen LogP contribution in [0.5, 0.6) is 0 Å². The Labute approximate surface area is 188 Å². The molecule has 174 valence electrons.